The van der Waals surface area contributed by atoms with Gasteiger partial charge in [0, 0.05) is 163 Å². The Morgan fingerprint density at radius 1 is 0.543 bits per heavy atom. The molecule has 0 saturated heterocycles. The molecule has 0 fully saturated rings. The molecule has 129 heavy (non-hydrogen) atoms. The Morgan fingerprint density at radius 3 is 1.36 bits per heavy atom. The van der Waals surface area contributed by atoms with Crippen LogP contribution in [-0.4, -0.2) is 185 Å². The number of aliphatic hydroxyl groups excluding tert-OH is 1. The molecule has 0 aliphatic carbocycles. The molecular formula is C82H107N25O12S8Si2. The minimum absolute atomic E-state index is 0. The van der Waals surface area contributed by atoms with Gasteiger partial charge < -0.3 is 48.3 Å². The van der Waals surface area contributed by atoms with Crippen LogP contribution in [-0.2, 0) is 132 Å². The third-order valence-corrected chi connectivity index (χ3v) is 28.4. The third kappa shape index (κ3) is 29.3. The molecule has 47 heteroatoms. The molecule has 17 aromatic rings. The number of hydrogen-bond acceptors (Lipinski definition) is 36. The molecule has 0 radical (unpaired) electrons. The van der Waals surface area contributed by atoms with Crippen molar-refractivity contribution in [3.05, 3.63) is 201 Å². The minimum Gasteiger partial charge on any atom is -0.466 e. The van der Waals surface area contributed by atoms with Gasteiger partial charge in [0.25, 0.3) is 16.7 Å². The van der Waals surface area contributed by atoms with E-state index in [0.717, 1.165) is 127 Å². The van der Waals surface area contributed by atoms with E-state index in [1.54, 1.807) is 155 Å². The van der Waals surface area contributed by atoms with Crippen molar-refractivity contribution in [2.45, 2.75) is 177 Å². The minimum atomic E-state index is -1.09. The molecule has 0 spiro atoms. The van der Waals surface area contributed by atoms with Gasteiger partial charge in [0.15, 0.2) is 27.4 Å². The maximum Gasteiger partial charge on any atom is 0.311 e. The molecule has 0 amide bonds. The smallest absolute Gasteiger partial charge is 0.311 e. The highest BCUT2D eigenvalue weighted by molar-refractivity contribution is 7.20. The van der Waals surface area contributed by atoms with Crippen molar-refractivity contribution in [1.82, 2.24) is 113 Å². The number of carbonyl (C=O) groups excluding carboxylic acids is 2. The molecule has 17 aromatic heterocycles. The SMILES string of the molecule is C.CC(C)(C)ON=O.CCOC(=O)Cc1csc(N)n1.CCOC(=O)Cc1cscn1.Cn1c2nc(Cc3ccn(COCC[Si](C)(C)C)n3)sc2c2cn[nH]c(=O)c21.Cn1c2nc(Cc3ccn(COCC[Si](C)(C)C)n3)sc2c2cnn(CCc3cscn3)c(=O)c21.Cn1c2nc(Cc3ccn[nH]3)sc2c2cnn(CCc3cscn3)c(=O)c21.OCCc1cscn1. The number of anilines is 1. The lowest BCUT2D eigenvalue weighted by molar-refractivity contribution is -0.143. The number of nitrogens with zero attached hydrogens (tertiary/aromatic N) is 22. The molecule has 37 nitrogen and oxygen atoms in total. The standard InChI is InChI=1S/C23H29N7O2S2Si.C18H24N6O2SSi.C17H15N7OS2.C7H10N2O2S.C7H9NO2S.C5H7NOS.C4H9NO2.CH4/c1-28-20-18(12-25-30(23(20)31)8-6-17-13-33-14-24-17)21-22(28)26-19(34-21)11-16-5-7-29(27-16)15-32-9-10-35(2,3)4;1-23-15-13(10-19-21-18(15)25)16-17(23)20-14(27-16)9-12-5-6-24(22-12)11-26-7-8-28(2,3)4;1-23-14-12(7-20-24(17(14)25)5-3-11-8-26-9-18-11)15-16(23)21-13(27-15)6-10-2-4-19-22-10;1-2-11-6(10)3-5-4-12-7(8)9-5;1-2-10-7(9)3-6-4-11-5-8-6;7-2-1-5-3-8-4-6-5;1-4(2,3)7-5-6;/h5,7,12-14H,6,8-11,15H2,1-4H3;5-6,10H,7-9,11H2,1-4H3,(H,21,25);2,4,7-9H,3,5-6H2,1H3,(H,19,22);4H,2-3H2,1H3,(H2,8,9);4-5H,2-3H2,1H3;3-4,7H,1-2H2;1-3H3;1H4. The molecule has 0 unspecified atom stereocenters. The summed E-state index contributed by atoms with van der Waals surface area (Å²) in [6.45, 7) is 27.4. The first kappa shape index (κ1) is 100. The average Bonchev–Trinajstić information content (AvgIpc) is 1.60. The Morgan fingerprint density at radius 2 is 0.977 bits per heavy atom. The summed E-state index contributed by atoms with van der Waals surface area (Å²) in [5.74, 6) is -0.471. The molecule has 0 bridgehead atoms. The summed E-state index contributed by atoms with van der Waals surface area (Å²) in [6, 6.07) is 8.24. The first-order valence-corrected chi connectivity index (χ1v) is 55.1. The largest absolute Gasteiger partial charge is 0.466 e. The second-order valence-corrected chi connectivity index (χ2v) is 50.4. The number of H-pyrrole nitrogens is 2. The van der Waals surface area contributed by atoms with Crippen molar-refractivity contribution in [2.75, 3.05) is 38.8 Å². The fraction of sp³-hybridized carbons (Fsp3) is 0.427. The topological polar surface area (TPSA) is 454 Å². The molecule has 0 aliphatic heterocycles. The summed E-state index contributed by atoms with van der Waals surface area (Å²) in [4.78, 5) is 108. The van der Waals surface area contributed by atoms with Crippen LogP contribution in [0.3, 0.4) is 0 Å². The van der Waals surface area contributed by atoms with Crippen molar-refractivity contribution in [1.29, 1.82) is 0 Å². The number of aromatic amines is 2. The van der Waals surface area contributed by atoms with E-state index in [9.17, 15) is 28.9 Å². The molecule has 17 rings (SSSR count). The van der Waals surface area contributed by atoms with Crippen LogP contribution in [0.15, 0.2) is 124 Å². The first-order valence-electron chi connectivity index (χ1n) is 40.6. The number of ether oxygens (including phenoxy) is 4. The van der Waals surface area contributed by atoms with Gasteiger partial charge in [-0.2, -0.15) is 30.6 Å². The molecule has 0 saturated carbocycles. The second-order valence-electron chi connectivity index (χ2n) is 32.1. The number of aromatic nitrogens is 23. The fourth-order valence-electron chi connectivity index (χ4n) is 12.2. The number of esters is 2. The quantitative estimate of drug-likeness (QED) is 0.0103. The number of rotatable bonds is 31. The van der Waals surface area contributed by atoms with Crippen LogP contribution in [0.1, 0.15) is 103 Å². The third-order valence-electron chi connectivity index (χ3n) is 18.5. The van der Waals surface area contributed by atoms with Gasteiger partial charge in [-0.1, -0.05) is 46.7 Å². The van der Waals surface area contributed by atoms with Crippen molar-refractivity contribution >= 4 is 188 Å². The number of nitrogen functional groups attached to an aromatic ring is 1. The number of carbonyl (C=O) groups is 2. The van der Waals surface area contributed by atoms with Crippen LogP contribution < -0.4 is 22.4 Å². The van der Waals surface area contributed by atoms with E-state index >= 15 is 0 Å². The zero-order valence-corrected chi connectivity index (χ0v) is 82.0. The predicted octanol–water partition coefficient (Wildman–Crippen LogP) is 14.3. The maximum absolute atomic E-state index is 13.1. The van der Waals surface area contributed by atoms with Gasteiger partial charge in [0.05, 0.1) is 134 Å². The summed E-state index contributed by atoms with van der Waals surface area (Å²) in [5, 5.41) is 57.5. The van der Waals surface area contributed by atoms with Crippen LogP contribution in [0.2, 0.25) is 51.4 Å². The highest BCUT2D eigenvalue weighted by atomic mass is 32.1. The van der Waals surface area contributed by atoms with E-state index in [0.29, 0.717) is 106 Å². The zero-order chi connectivity index (χ0) is 91.7. The predicted molar refractivity (Wildman–Crippen MR) is 518 cm³/mol. The molecule has 5 N–H and O–H groups in total. The summed E-state index contributed by atoms with van der Waals surface area (Å²) < 4.78 is 36.3. The summed E-state index contributed by atoms with van der Waals surface area (Å²) >= 11 is 12.2. The van der Waals surface area contributed by atoms with Crippen LogP contribution in [0.4, 0.5) is 5.13 Å². The lowest BCUT2D eigenvalue weighted by Crippen LogP contribution is -2.25. The molecule has 17 heterocycles. The van der Waals surface area contributed by atoms with Crippen LogP contribution >= 0.6 is 90.7 Å². The van der Waals surface area contributed by atoms with Crippen LogP contribution in [0, 0.1) is 4.91 Å². The van der Waals surface area contributed by atoms with Gasteiger partial charge in [-0.05, 0) is 64.9 Å². The lowest BCUT2D eigenvalue weighted by atomic mass is 10.2. The zero-order valence-electron chi connectivity index (χ0n) is 73.4. The van der Waals surface area contributed by atoms with E-state index in [1.165, 1.54) is 32.0 Å². The average molecular weight is 1950 g/mol. The number of hydrogen-bond donors (Lipinski definition) is 4. The van der Waals surface area contributed by atoms with Crippen LogP contribution in [0.5, 0.6) is 0 Å². The maximum atomic E-state index is 13.1. The Kier molecular flexibility index (Phi) is 37.0. The van der Waals surface area contributed by atoms with Gasteiger partial charge in [-0.25, -0.2) is 63.7 Å². The molecule has 688 valence electrons. The van der Waals surface area contributed by atoms with Crippen LogP contribution in [0.25, 0.3) is 63.8 Å². The summed E-state index contributed by atoms with van der Waals surface area (Å²) in [5.41, 5.74) is 23.3. The fourth-order valence-corrected chi connectivity index (χ4v) is 20.0. The van der Waals surface area contributed by atoms with E-state index in [1.807, 2.05) is 96.3 Å². The number of aryl methyl sites for hydroxylation is 7. The van der Waals surface area contributed by atoms with Gasteiger partial charge in [-0.15, -0.1) is 95.6 Å². The van der Waals surface area contributed by atoms with Gasteiger partial charge in [-0.3, -0.25) is 29.1 Å². The monoisotopic (exact) mass is 1950 g/mol. The molecule has 0 aromatic carbocycles. The Balaban J connectivity index is 0.000000168. The normalized spacial score (nSPS) is 11.4. The van der Waals surface area contributed by atoms with Crippen molar-refractivity contribution in [3.63, 3.8) is 0 Å². The first-order chi connectivity index (χ1) is 61.3. The van der Waals surface area contributed by atoms with Gasteiger partial charge in [0.2, 0.25) is 0 Å². The molecular weight excluding hydrogens is 1840 g/mol. The number of aliphatic hydroxyl groups is 1. The Bertz CT molecular complexity index is 6540. The Labute approximate surface area is 776 Å². The van der Waals surface area contributed by atoms with Crippen molar-refractivity contribution in [2.24, 2.45) is 26.5 Å². The van der Waals surface area contributed by atoms with E-state index in [-0.39, 0.29) is 55.5 Å². The highest BCUT2D eigenvalue weighted by Gasteiger charge is 2.24. The number of nitrogens with one attached hydrogen (secondary N) is 2. The highest BCUT2D eigenvalue weighted by Crippen LogP contribution is 2.35. The van der Waals surface area contributed by atoms with Gasteiger partial charge >= 0.3 is 11.9 Å². The Hall–Kier alpha value is -10.8. The summed E-state index contributed by atoms with van der Waals surface area (Å²) in [7, 11) is 3.48. The second kappa shape index (κ2) is 47.6. The lowest BCUT2D eigenvalue weighted by Gasteiger charge is -2.15. The molecule has 0 atom stereocenters. The van der Waals surface area contributed by atoms with E-state index in [2.05, 4.69) is 115 Å². The number of thiazole rings is 8. The van der Waals surface area contributed by atoms with Crippen molar-refractivity contribution in [3.8, 4) is 0 Å². The van der Waals surface area contributed by atoms with E-state index in [4.69, 9.17) is 44.7 Å². The van der Waals surface area contributed by atoms with Gasteiger partial charge in [0.1, 0.15) is 50.6 Å². The number of fused-ring (bicyclic) bond motifs is 9. The summed E-state index contributed by atoms with van der Waals surface area (Å²) in [6.07, 6.45) is 15.4. The van der Waals surface area contributed by atoms with E-state index < -0.39 is 21.7 Å². The number of nitrogens with two attached hydrogens (primary N) is 1. The van der Waals surface area contributed by atoms with Crippen molar-refractivity contribution < 1.29 is 38.5 Å². The molecule has 0 aliphatic rings.